The molecule has 12 heteroatoms. The van der Waals surface area contributed by atoms with Crippen LogP contribution in [-0.2, 0) is 25.7 Å². The summed E-state index contributed by atoms with van der Waals surface area (Å²) in [7, 11) is 1.56. The number of hydrogen-bond acceptors (Lipinski definition) is 6. The van der Waals surface area contributed by atoms with E-state index in [1.54, 1.807) is 19.2 Å². The lowest BCUT2D eigenvalue weighted by Gasteiger charge is -2.22. The number of pyridine rings is 1. The SMILES string of the molecule is COc1ccc2c(c1)CCn1c-2cc(OCc2cc(F)c(Oc3ccc(C(F)(F)F)nc3)c(F)c2)nc1=O. The van der Waals surface area contributed by atoms with Crippen molar-refractivity contribution < 1.29 is 36.2 Å². The molecule has 2 aromatic heterocycles. The van der Waals surface area contributed by atoms with Crippen LogP contribution in [0, 0.1) is 11.6 Å². The van der Waals surface area contributed by atoms with Crippen LogP contribution < -0.4 is 19.9 Å². The number of ether oxygens (including phenoxy) is 3. The molecule has 0 radical (unpaired) electrons. The fourth-order valence-electron chi connectivity index (χ4n) is 4.06. The van der Waals surface area contributed by atoms with Gasteiger partial charge in [0.05, 0.1) is 19.0 Å². The average Bonchev–Trinajstić information content (AvgIpc) is 2.89. The zero-order chi connectivity index (χ0) is 27.0. The van der Waals surface area contributed by atoms with Crippen LogP contribution in [0.25, 0.3) is 11.3 Å². The molecular formula is C26H18F5N3O4. The highest BCUT2D eigenvalue weighted by atomic mass is 19.4. The minimum Gasteiger partial charge on any atom is -0.497 e. The van der Waals surface area contributed by atoms with Crippen LogP contribution in [-0.4, -0.2) is 21.6 Å². The van der Waals surface area contributed by atoms with Crippen LogP contribution in [0.4, 0.5) is 22.0 Å². The fraction of sp³-hybridized carbons (Fsp3) is 0.192. The summed E-state index contributed by atoms with van der Waals surface area (Å²) >= 11 is 0. The molecule has 38 heavy (non-hydrogen) atoms. The molecule has 0 amide bonds. The van der Waals surface area contributed by atoms with Gasteiger partial charge >= 0.3 is 11.9 Å². The van der Waals surface area contributed by atoms with E-state index in [0.717, 1.165) is 29.3 Å². The van der Waals surface area contributed by atoms with Crippen molar-refractivity contribution in [3.05, 3.63) is 93.7 Å². The van der Waals surface area contributed by atoms with Crippen molar-refractivity contribution in [2.24, 2.45) is 0 Å². The highest BCUT2D eigenvalue weighted by Gasteiger charge is 2.32. The van der Waals surface area contributed by atoms with Gasteiger partial charge in [-0.2, -0.15) is 18.2 Å². The smallest absolute Gasteiger partial charge is 0.433 e. The minimum absolute atomic E-state index is 0.0260. The minimum atomic E-state index is -4.66. The number of alkyl halides is 3. The maximum absolute atomic E-state index is 14.6. The number of benzene rings is 2. The number of methoxy groups -OCH3 is 1. The van der Waals surface area contributed by atoms with Gasteiger partial charge in [0.2, 0.25) is 5.88 Å². The predicted molar refractivity (Wildman–Crippen MR) is 124 cm³/mol. The summed E-state index contributed by atoms with van der Waals surface area (Å²) in [5.74, 6) is -2.64. The summed E-state index contributed by atoms with van der Waals surface area (Å²) in [4.78, 5) is 19.7. The van der Waals surface area contributed by atoms with Crippen LogP contribution in [0.3, 0.4) is 0 Å². The van der Waals surface area contributed by atoms with Crippen molar-refractivity contribution in [2.75, 3.05) is 7.11 Å². The zero-order valence-electron chi connectivity index (χ0n) is 19.7. The molecule has 0 atom stereocenters. The quantitative estimate of drug-likeness (QED) is 0.304. The van der Waals surface area contributed by atoms with Gasteiger partial charge < -0.3 is 14.2 Å². The van der Waals surface area contributed by atoms with E-state index in [-0.39, 0.29) is 23.8 Å². The second kappa shape index (κ2) is 9.77. The van der Waals surface area contributed by atoms with Crippen molar-refractivity contribution in [2.45, 2.75) is 25.7 Å². The molecule has 0 bridgehead atoms. The molecule has 0 spiro atoms. The van der Waals surface area contributed by atoms with Crippen LogP contribution >= 0.6 is 0 Å². The first-order valence-corrected chi connectivity index (χ1v) is 11.2. The molecule has 3 heterocycles. The molecule has 5 rings (SSSR count). The van der Waals surface area contributed by atoms with Crippen LogP contribution in [0.15, 0.2) is 59.5 Å². The van der Waals surface area contributed by atoms with Crippen molar-refractivity contribution in [1.29, 1.82) is 0 Å². The number of fused-ring (bicyclic) bond motifs is 3. The standard InChI is InChI=1S/C26H18F5N3O4/c1-36-16-2-4-18-15(10-16)6-7-34-21(18)11-23(33-25(34)35)37-13-14-8-19(27)24(20(28)9-14)38-17-3-5-22(32-12-17)26(29,30)31/h2-5,8-12H,6-7,13H2,1H3. The maximum atomic E-state index is 14.6. The molecule has 1 aliphatic heterocycles. The summed E-state index contributed by atoms with van der Waals surface area (Å²) in [6.07, 6.45) is -3.32. The number of halogens is 5. The Kier molecular flexibility index (Phi) is 6.47. The van der Waals surface area contributed by atoms with Crippen molar-refractivity contribution >= 4 is 0 Å². The Morgan fingerprint density at radius 2 is 1.74 bits per heavy atom. The van der Waals surface area contributed by atoms with Crippen LogP contribution in [0.5, 0.6) is 23.1 Å². The van der Waals surface area contributed by atoms with E-state index in [9.17, 15) is 26.7 Å². The van der Waals surface area contributed by atoms with E-state index >= 15 is 0 Å². The molecule has 4 aromatic rings. The fourth-order valence-corrected chi connectivity index (χ4v) is 4.06. The number of aryl methyl sites for hydroxylation is 1. The Balaban J connectivity index is 1.33. The van der Waals surface area contributed by atoms with Crippen LogP contribution in [0.1, 0.15) is 16.8 Å². The van der Waals surface area contributed by atoms with Crippen molar-refractivity contribution in [3.63, 3.8) is 0 Å². The normalized spacial score (nSPS) is 12.5. The first-order valence-electron chi connectivity index (χ1n) is 11.2. The number of nitrogens with zero attached hydrogens (tertiary/aromatic N) is 3. The second-order valence-corrected chi connectivity index (χ2v) is 8.34. The summed E-state index contributed by atoms with van der Waals surface area (Å²) in [5, 5.41) is 0. The average molecular weight is 531 g/mol. The lowest BCUT2D eigenvalue weighted by Crippen LogP contribution is -2.28. The Bertz CT molecular complexity index is 1550. The zero-order valence-corrected chi connectivity index (χ0v) is 19.7. The third-order valence-corrected chi connectivity index (χ3v) is 5.87. The van der Waals surface area contributed by atoms with Gasteiger partial charge in [0.1, 0.15) is 23.8 Å². The van der Waals surface area contributed by atoms with E-state index in [1.165, 1.54) is 4.57 Å². The van der Waals surface area contributed by atoms with Crippen molar-refractivity contribution in [1.82, 2.24) is 14.5 Å². The Labute approximate surface area is 212 Å². The number of rotatable bonds is 6. The predicted octanol–water partition coefficient (Wildman–Crippen LogP) is 5.54. The molecule has 0 fully saturated rings. The Morgan fingerprint density at radius 1 is 1.00 bits per heavy atom. The highest BCUT2D eigenvalue weighted by Crippen LogP contribution is 2.34. The van der Waals surface area contributed by atoms with Gasteiger partial charge in [-0.05, 0) is 60.0 Å². The molecule has 0 unspecified atom stereocenters. The van der Waals surface area contributed by atoms with E-state index in [0.29, 0.717) is 36.7 Å². The van der Waals surface area contributed by atoms with E-state index in [2.05, 4.69) is 9.97 Å². The van der Waals surface area contributed by atoms with Gasteiger partial charge in [0.25, 0.3) is 0 Å². The lowest BCUT2D eigenvalue weighted by molar-refractivity contribution is -0.141. The molecule has 0 N–H and O–H groups in total. The topological polar surface area (TPSA) is 75.5 Å². The number of hydrogen-bond donors (Lipinski definition) is 0. The van der Waals surface area contributed by atoms with Gasteiger partial charge in [-0.3, -0.25) is 4.57 Å². The van der Waals surface area contributed by atoms with E-state index in [1.807, 2.05) is 12.1 Å². The van der Waals surface area contributed by atoms with Gasteiger partial charge in [0, 0.05) is 18.2 Å². The first-order chi connectivity index (χ1) is 18.1. The summed E-state index contributed by atoms with van der Waals surface area (Å²) in [5.41, 5.74) is 0.779. The molecule has 7 nitrogen and oxygen atoms in total. The molecule has 2 aromatic carbocycles. The summed E-state index contributed by atoms with van der Waals surface area (Å²) < 4.78 is 84.6. The number of aromatic nitrogens is 3. The van der Waals surface area contributed by atoms with Crippen LogP contribution in [0.2, 0.25) is 0 Å². The summed E-state index contributed by atoms with van der Waals surface area (Å²) in [6, 6.07) is 10.5. The molecular weight excluding hydrogens is 513 g/mol. The largest absolute Gasteiger partial charge is 0.497 e. The third kappa shape index (κ3) is 5.01. The van der Waals surface area contributed by atoms with Gasteiger partial charge in [-0.1, -0.05) is 0 Å². The molecule has 0 saturated carbocycles. The monoisotopic (exact) mass is 531 g/mol. The summed E-state index contributed by atoms with van der Waals surface area (Å²) in [6.45, 7) is 0.106. The maximum Gasteiger partial charge on any atom is 0.433 e. The Morgan fingerprint density at radius 3 is 2.39 bits per heavy atom. The van der Waals surface area contributed by atoms with Gasteiger partial charge in [-0.25, -0.2) is 18.6 Å². The first kappa shape index (κ1) is 25.2. The molecule has 196 valence electrons. The van der Waals surface area contributed by atoms with Crippen molar-refractivity contribution in [3.8, 4) is 34.4 Å². The van der Waals surface area contributed by atoms with E-state index in [4.69, 9.17) is 14.2 Å². The second-order valence-electron chi connectivity index (χ2n) is 8.34. The Hall–Kier alpha value is -4.48. The van der Waals surface area contributed by atoms with Gasteiger partial charge in [0.15, 0.2) is 17.4 Å². The third-order valence-electron chi connectivity index (χ3n) is 5.87. The molecule has 0 saturated heterocycles. The lowest BCUT2D eigenvalue weighted by atomic mass is 9.97. The molecule has 1 aliphatic rings. The molecule has 0 aliphatic carbocycles. The van der Waals surface area contributed by atoms with Gasteiger partial charge in [-0.15, -0.1) is 0 Å². The highest BCUT2D eigenvalue weighted by molar-refractivity contribution is 5.67. The van der Waals surface area contributed by atoms with E-state index < -0.39 is 34.9 Å².